The van der Waals surface area contributed by atoms with Gasteiger partial charge in [-0.1, -0.05) is 0 Å². The molecule has 6 heteroatoms. The largest absolute Gasteiger partial charge is 0.444 e. The monoisotopic (exact) mass is 319 g/mol. The number of ether oxygens (including phenoxy) is 1. The summed E-state index contributed by atoms with van der Waals surface area (Å²) in [5.74, 6) is 0. The van der Waals surface area contributed by atoms with Crippen LogP contribution in [0.2, 0.25) is 0 Å². The van der Waals surface area contributed by atoms with Crippen LogP contribution in [0.25, 0.3) is 0 Å². The second-order valence-electron chi connectivity index (χ2n) is 6.88. The van der Waals surface area contributed by atoms with Gasteiger partial charge >= 0.3 is 6.09 Å². The maximum atomic E-state index is 12.1. The van der Waals surface area contributed by atoms with E-state index in [1.54, 1.807) is 17.0 Å². The summed E-state index contributed by atoms with van der Waals surface area (Å²) in [7, 11) is 0. The van der Waals surface area contributed by atoms with E-state index in [2.05, 4.69) is 10.5 Å². The molecule has 1 aromatic carbocycles. The summed E-state index contributed by atoms with van der Waals surface area (Å²) in [5, 5.41) is 6.35. The van der Waals surface area contributed by atoms with E-state index in [1.165, 1.54) is 0 Å². The van der Waals surface area contributed by atoms with E-state index in [1.807, 2.05) is 32.9 Å². The average Bonchev–Trinajstić information content (AvgIpc) is 2.72. The standard InChI is InChI=1S/C17H25N3O3/c1-17(2,3)23-16(21)20-11-4-5-13(10-12-20)18-14-6-8-15(19-22)9-7-14/h6-9,13,18H,4-5,10-12H2,1-3H3. The summed E-state index contributed by atoms with van der Waals surface area (Å²) in [4.78, 5) is 24.4. The van der Waals surface area contributed by atoms with Crippen molar-refractivity contribution in [3.05, 3.63) is 29.2 Å². The normalized spacial score (nSPS) is 18.9. The molecular weight excluding hydrogens is 294 g/mol. The first-order valence-electron chi connectivity index (χ1n) is 8.05. The Morgan fingerprint density at radius 2 is 1.91 bits per heavy atom. The van der Waals surface area contributed by atoms with Crippen LogP contribution in [0.1, 0.15) is 40.0 Å². The van der Waals surface area contributed by atoms with Gasteiger partial charge in [0, 0.05) is 24.8 Å². The summed E-state index contributed by atoms with van der Waals surface area (Å²) < 4.78 is 5.44. The minimum absolute atomic E-state index is 0.237. The average molecular weight is 319 g/mol. The number of carbonyl (C=O) groups excluding carboxylic acids is 1. The number of hydrogen-bond acceptors (Lipinski definition) is 5. The molecule has 1 amide bonds. The van der Waals surface area contributed by atoms with Gasteiger partial charge in [-0.15, -0.1) is 4.91 Å². The van der Waals surface area contributed by atoms with Crippen molar-refractivity contribution < 1.29 is 9.53 Å². The summed E-state index contributed by atoms with van der Waals surface area (Å²) in [6, 6.07) is 7.40. The van der Waals surface area contributed by atoms with Gasteiger partial charge in [-0.3, -0.25) is 0 Å². The van der Waals surface area contributed by atoms with E-state index in [0.717, 1.165) is 31.5 Å². The molecule has 1 atom stereocenters. The van der Waals surface area contributed by atoms with Crippen molar-refractivity contribution in [1.82, 2.24) is 4.90 Å². The summed E-state index contributed by atoms with van der Waals surface area (Å²) in [6.45, 7) is 7.04. The molecule has 1 unspecified atom stereocenters. The molecule has 6 nitrogen and oxygen atoms in total. The maximum absolute atomic E-state index is 12.1. The summed E-state index contributed by atoms with van der Waals surface area (Å²) >= 11 is 0. The third-order valence-electron chi connectivity index (χ3n) is 3.72. The van der Waals surface area contributed by atoms with Crippen molar-refractivity contribution in [2.45, 2.75) is 51.7 Å². The van der Waals surface area contributed by atoms with Crippen LogP contribution in [0.15, 0.2) is 29.4 Å². The Bertz CT molecular complexity index is 537. The lowest BCUT2D eigenvalue weighted by Gasteiger charge is -2.26. The Kier molecular flexibility index (Phi) is 5.58. The van der Waals surface area contributed by atoms with E-state index in [4.69, 9.17) is 4.74 Å². The molecule has 0 aliphatic carbocycles. The lowest BCUT2D eigenvalue weighted by Crippen LogP contribution is -2.37. The predicted molar refractivity (Wildman–Crippen MR) is 91.0 cm³/mol. The molecule has 1 aliphatic rings. The number of amides is 1. The number of likely N-dealkylation sites (tertiary alicyclic amines) is 1. The molecule has 0 saturated carbocycles. The number of benzene rings is 1. The zero-order valence-electron chi connectivity index (χ0n) is 14.0. The third kappa shape index (κ3) is 5.54. The third-order valence-corrected chi connectivity index (χ3v) is 3.72. The van der Waals surface area contributed by atoms with Crippen LogP contribution in [0.3, 0.4) is 0 Å². The zero-order valence-corrected chi connectivity index (χ0v) is 14.0. The number of rotatable bonds is 3. The first-order chi connectivity index (χ1) is 10.9. The van der Waals surface area contributed by atoms with Crippen molar-refractivity contribution in [3.8, 4) is 0 Å². The number of nitrogens with zero attached hydrogens (tertiary/aromatic N) is 2. The molecule has 1 N–H and O–H groups in total. The number of carbonyl (C=O) groups is 1. The van der Waals surface area contributed by atoms with Crippen LogP contribution in [0, 0.1) is 4.91 Å². The molecule has 1 aliphatic heterocycles. The number of nitroso groups, excluding NO2 is 1. The Hall–Kier alpha value is -2.11. The molecule has 2 rings (SSSR count). The van der Waals surface area contributed by atoms with Crippen molar-refractivity contribution in [2.75, 3.05) is 18.4 Å². The highest BCUT2D eigenvalue weighted by Crippen LogP contribution is 2.21. The molecule has 0 spiro atoms. The van der Waals surface area contributed by atoms with Gasteiger partial charge in [-0.05, 0) is 69.5 Å². The Labute approximate surface area is 137 Å². The smallest absolute Gasteiger partial charge is 0.410 e. The van der Waals surface area contributed by atoms with Crippen molar-refractivity contribution >= 4 is 17.5 Å². The van der Waals surface area contributed by atoms with Crippen LogP contribution < -0.4 is 5.32 Å². The highest BCUT2D eigenvalue weighted by Gasteiger charge is 2.25. The second-order valence-corrected chi connectivity index (χ2v) is 6.88. The first kappa shape index (κ1) is 17.2. The number of hydrogen-bond donors (Lipinski definition) is 1. The fourth-order valence-electron chi connectivity index (χ4n) is 2.60. The van der Waals surface area contributed by atoms with E-state index in [-0.39, 0.29) is 6.09 Å². The lowest BCUT2D eigenvalue weighted by molar-refractivity contribution is 0.0256. The number of anilines is 1. The van der Waals surface area contributed by atoms with Gasteiger partial charge in [0.15, 0.2) is 0 Å². The molecular formula is C17H25N3O3. The zero-order chi connectivity index (χ0) is 16.9. The van der Waals surface area contributed by atoms with Gasteiger partial charge in [0.1, 0.15) is 11.3 Å². The topological polar surface area (TPSA) is 71.0 Å². The molecule has 1 saturated heterocycles. The second kappa shape index (κ2) is 7.44. The van der Waals surface area contributed by atoms with Gasteiger partial charge < -0.3 is 15.0 Å². The van der Waals surface area contributed by atoms with E-state index < -0.39 is 5.60 Å². The minimum Gasteiger partial charge on any atom is -0.444 e. The lowest BCUT2D eigenvalue weighted by atomic mass is 10.1. The molecule has 1 fully saturated rings. The minimum atomic E-state index is -0.463. The van der Waals surface area contributed by atoms with Crippen molar-refractivity contribution in [3.63, 3.8) is 0 Å². The quantitative estimate of drug-likeness (QED) is 0.844. The molecule has 1 aromatic rings. The van der Waals surface area contributed by atoms with Gasteiger partial charge in [-0.2, -0.15) is 0 Å². The van der Waals surface area contributed by atoms with Gasteiger partial charge in [0.05, 0.1) is 0 Å². The highest BCUT2D eigenvalue weighted by atomic mass is 16.6. The van der Waals surface area contributed by atoms with Gasteiger partial charge in [-0.25, -0.2) is 4.79 Å². The molecule has 0 bridgehead atoms. The van der Waals surface area contributed by atoms with Crippen molar-refractivity contribution in [1.29, 1.82) is 0 Å². The van der Waals surface area contributed by atoms with E-state index in [9.17, 15) is 9.70 Å². The fraction of sp³-hybridized carbons (Fsp3) is 0.588. The molecule has 0 radical (unpaired) electrons. The maximum Gasteiger partial charge on any atom is 0.410 e. The van der Waals surface area contributed by atoms with Crippen LogP contribution in [0.5, 0.6) is 0 Å². The van der Waals surface area contributed by atoms with E-state index >= 15 is 0 Å². The Morgan fingerprint density at radius 1 is 1.22 bits per heavy atom. The highest BCUT2D eigenvalue weighted by molar-refractivity contribution is 5.68. The molecule has 0 aromatic heterocycles. The van der Waals surface area contributed by atoms with Crippen LogP contribution in [-0.4, -0.2) is 35.7 Å². The molecule has 126 valence electrons. The fourth-order valence-corrected chi connectivity index (χ4v) is 2.60. The van der Waals surface area contributed by atoms with Crippen LogP contribution in [0.4, 0.5) is 16.2 Å². The molecule has 1 heterocycles. The van der Waals surface area contributed by atoms with Crippen LogP contribution in [-0.2, 0) is 4.74 Å². The SMILES string of the molecule is CC(C)(C)OC(=O)N1CCCC(Nc2ccc(N=O)cc2)CC1. The van der Waals surface area contributed by atoms with Gasteiger partial charge in [0.25, 0.3) is 0 Å². The first-order valence-corrected chi connectivity index (χ1v) is 8.05. The summed E-state index contributed by atoms with van der Waals surface area (Å²) in [5.41, 5.74) is 0.927. The Morgan fingerprint density at radius 3 is 2.52 bits per heavy atom. The van der Waals surface area contributed by atoms with Crippen LogP contribution >= 0.6 is 0 Å². The summed E-state index contributed by atoms with van der Waals surface area (Å²) in [6.07, 6.45) is 2.56. The van der Waals surface area contributed by atoms with Crippen molar-refractivity contribution in [2.24, 2.45) is 5.18 Å². The molecule has 23 heavy (non-hydrogen) atoms. The number of nitrogens with one attached hydrogen (secondary N) is 1. The predicted octanol–water partition coefficient (Wildman–Crippen LogP) is 4.29. The van der Waals surface area contributed by atoms with Gasteiger partial charge in [0.2, 0.25) is 0 Å². The van der Waals surface area contributed by atoms with E-state index in [0.29, 0.717) is 18.3 Å². The Balaban J connectivity index is 1.87.